The van der Waals surface area contributed by atoms with E-state index < -0.39 is 0 Å². The van der Waals surface area contributed by atoms with Crippen molar-refractivity contribution in [2.24, 2.45) is 11.7 Å². The Morgan fingerprint density at radius 3 is 2.65 bits per heavy atom. The number of aromatic nitrogens is 2. The van der Waals surface area contributed by atoms with Gasteiger partial charge < -0.3 is 15.2 Å². The first-order valence-electron chi connectivity index (χ1n) is 5.42. The van der Waals surface area contributed by atoms with Crippen molar-refractivity contribution in [1.82, 2.24) is 9.97 Å². The Morgan fingerprint density at radius 2 is 2.12 bits per heavy atom. The van der Waals surface area contributed by atoms with Crippen molar-refractivity contribution < 1.29 is 9.47 Å². The van der Waals surface area contributed by atoms with Crippen LogP contribution in [0.4, 0.5) is 0 Å². The minimum absolute atomic E-state index is 0.226. The van der Waals surface area contributed by atoms with Gasteiger partial charge in [0, 0.05) is 6.61 Å². The van der Waals surface area contributed by atoms with Crippen molar-refractivity contribution >= 4 is 17.2 Å². The van der Waals surface area contributed by atoms with Crippen LogP contribution in [0.5, 0.6) is 5.88 Å². The van der Waals surface area contributed by atoms with Gasteiger partial charge in [0.15, 0.2) is 0 Å². The molecular weight excluding hydrogens is 238 g/mol. The first-order chi connectivity index (χ1) is 8.09. The molecule has 1 heterocycles. The van der Waals surface area contributed by atoms with Crippen molar-refractivity contribution in [3.63, 3.8) is 0 Å². The van der Waals surface area contributed by atoms with Crippen LogP contribution in [0, 0.1) is 5.92 Å². The van der Waals surface area contributed by atoms with Crippen LogP contribution < -0.4 is 10.5 Å². The molecular formula is C11H17N3O2S. The van der Waals surface area contributed by atoms with E-state index in [9.17, 15) is 0 Å². The lowest BCUT2D eigenvalue weighted by atomic mass is 10.2. The second kappa shape index (κ2) is 7.13. The molecule has 0 aliphatic heterocycles. The Morgan fingerprint density at radius 1 is 1.35 bits per heavy atom. The van der Waals surface area contributed by atoms with Gasteiger partial charge in [-0.25, -0.2) is 9.97 Å². The Labute approximate surface area is 106 Å². The zero-order valence-corrected chi connectivity index (χ0v) is 10.9. The molecule has 6 heteroatoms. The van der Waals surface area contributed by atoms with E-state index in [1.807, 2.05) is 0 Å². The number of nitrogens with zero attached hydrogens (tertiary/aromatic N) is 2. The Hall–Kier alpha value is -1.27. The molecule has 0 saturated heterocycles. The van der Waals surface area contributed by atoms with Crippen LogP contribution in [-0.2, 0) is 4.74 Å². The third kappa shape index (κ3) is 5.55. The van der Waals surface area contributed by atoms with E-state index >= 15 is 0 Å². The molecule has 0 aliphatic carbocycles. The molecule has 5 nitrogen and oxygen atoms in total. The highest BCUT2D eigenvalue weighted by molar-refractivity contribution is 7.80. The van der Waals surface area contributed by atoms with Gasteiger partial charge in [0.25, 0.3) is 0 Å². The summed E-state index contributed by atoms with van der Waals surface area (Å²) in [7, 11) is 0. The molecule has 0 saturated carbocycles. The summed E-state index contributed by atoms with van der Waals surface area (Å²) in [5.74, 6) is 0.970. The fraction of sp³-hybridized carbons (Fsp3) is 0.545. The maximum Gasteiger partial charge on any atom is 0.232 e. The van der Waals surface area contributed by atoms with Gasteiger partial charge in [-0.15, -0.1) is 0 Å². The maximum absolute atomic E-state index is 5.40. The van der Waals surface area contributed by atoms with E-state index in [0.717, 1.165) is 6.61 Å². The molecule has 1 rings (SSSR count). The molecule has 0 radical (unpaired) electrons. The summed E-state index contributed by atoms with van der Waals surface area (Å²) in [6.07, 6.45) is 2.99. The molecule has 0 spiro atoms. The molecule has 1 aromatic heterocycles. The minimum atomic E-state index is 0.226. The van der Waals surface area contributed by atoms with Gasteiger partial charge in [0.1, 0.15) is 17.3 Å². The van der Waals surface area contributed by atoms with E-state index in [0.29, 0.717) is 30.7 Å². The van der Waals surface area contributed by atoms with E-state index in [4.69, 9.17) is 27.4 Å². The lowest BCUT2D eigenvalue weighted by Gasteiger charge is -2.07. The summed E-state index contributed by atoms with van der Waals surface area (Å²) in [6, 6.07) is 0. The van der Waals surface area contributed by atoms with Gasteiger partial charge >= 0.3 is 0 Å². The predicted octanol–water partition coefficient (Wildman–Crippen LogP) is 1.16. The Kier molecular flexibility index (Phi) is 5.79. The van der Waals surface area contributed by atoms with E-state index in [2.05, 4.69) is 23.8 Å². The molecule has 0 atom stereocenters. The minimum Gasteiger partial charge on any atom is -0.474 e. The van der Waals surface area contributed by atoms with Crippen molar-refractivity contribution in [3.05, 3.63) is 18.1 Å². The topological polar surface area (TPSA) is 70.3 Å². The van der Waals surface area contributed by atoms with Gasteiger partial charge in [-0.3, -0.25) is 0 Å². The lowest BCUT2D eigenvalue weighted by molar-refractivity contribution is 0.0805. The summed E-state index contributed by atoms with van der Waals surface area (Å²) < 4.78 is 10.7. The largest absolute Gasteiger partial charge is 0.474 e. The normalized spacial score (nSPS) is 10.5. The average Bonchev–Trinajstić information content (AvgIpc) is 2.29. The number of ether oxygens (including phenoxy) is 2. The number of rotatable bonds is 7. The highest BCUT2D eigenvalue weighted by Gasteiger charge is 2.00. The van der Waals surface area contributed by atoms with Crippen molar-refractivity contribution in [2.75, 3.05) is 19.8 Å². The molecule has 17 heavy (non-hydrogen) atoms. The van der Waals surface area contributed by atoms with Crippen LogP contribution in [0.3, 0.4) is 0 Å². The summed E-state index contributed by atoms with van der Waals surface area (Å²) in [5.41, 5.74) is 5.89. The quantitative estimate of drug-likeness (QED) is 0.582. The molecule has 0 unspecified atom stereocenters. The first-order valence-corrected chi connectivity index (χ1v) is 5.83. The van der Waals surface area contributed by atoms with Crippen LogP contribution in [-0.4, -0.2) is 34.8 Å². The van der Waals surface area contributed by atoms with Crippen LogP contribution in [0.1, 0.15) is 19.5 Å². The molecule has 0 aromatic carbocycles. The van der Waals surface area contributed by atoms with Crippen LogP contribution >= 0.6 is 12.2 Å². The number of hydrogen-bond donors (Lipinski definition) is 1. The van der Waals surface area contributed by atoms with Crippen LogP contribution in [0.15, 0.2) is 12.4 Å². The standard InChI is InChI=1S/C11H17N3O2S/c1-8(2)7-15-3-4-16-10-6-13-9(5-14-10)11(12)17/h5-6,8H,3-4,7H2,1-2H3,(H2,12,17). The van der Waals surface area contributed by atoms with Gasteiger partial charge in [-0.1, -0.05) is 26.1 Å². The Balaban J connectivity index is 2.25. The van der Waals surface area contributed by atoms with Crippen molar-refractivity contribution in [3.8, 4) is 5.88 Å². The van der Waals surface area contributed by atoms with E-state index in [1.165, 1.54) is 12.4 Å². The predicted molar refractivity (Wildman–Crippen MR) is 69.1 cm³/mol. The third-order valence-corrected chi connectivity index (χ3v) is 2.02. The van der Waals surface area contributed by atoms with Gasteiger partial charge in [0.2, 0.25) is 5.88 Å². The summed E-state index contributed by atoms with van der Waals surface area (Å²) in [4.78, 5) is 8.26. The highest BCUT2D eigenvalue weighted by Crippen LogP contribution is 2.03. The molecule has 94 valence electrons. The number of hydrogen-bond acceptors (Lipinski definition) is 5. The zero-order valence-electron chi connectivity index (χ0n) is 10.0. The molecule has 0 amide bonds. The smallest absolute Gasteiger partial charge is 0.232 e. The van der Waals surface area contributed by atoms with Crippen molar-refractivity contribution in [2.45, 2.75) is 13.8 Å². The molecule has 0 bridgehead atoms. The fourth-order valence-corrected chi connectivity index (χ4v) is 1.15. The zero-order chi connectivity index (χ0) is 12.7. The monoisotopic (exact) mass is 255 g/mol. The molecule has 1 aromatic rings. The highest BCUT2D eigenvalue weighted by atomic mass is 32.1. The van der Waals surface area contributed by atoms with Gasteiger partial charge in [-0.2, -0.15) is 0 Å². The van der Waals surface area contributed by atoms with Crippen LogP contribution in [0.2, 0.25) is 0 Å². The SMILES string of the molecule is CC(C)COCCOc1cnc(C(N)=S)cn1. The lowest BCUT2D eigenvalue weighted by Crippen LogP contribution is -2.13. The fourth-order valence-electron chi connectivity index (χ4n) is 1.04. The molecule has 2 N–H and O–H groups in total. The average molecular weight is 255 g/mol. The summed E-state index contributed by atoms with van der Waals surface area (Å²) in [6.45, 7) is 5.92. The van der Waals surface area contributed by atoms with Crippen LogP contribution in [0.25, 0.3) is 0 Å². The first kappa shape index (κ1) is 13.8. The maximum atomic E-state index is 5.40. The summed E-state index contributed by atoms with van der Waals surface area (Å²) >= 11 is 4.77. The van der Waals surface area contributed by atoms with Gasteiger partial charge in [-0.05, 0) is 5.92 Å². The van der Waals surface area contributed by atoms with Crippen molar-refractivity contribution in [1.29, 1.82) is 0 Å². The second-order valence-corrected chi connectivity index (χ2v) is 4.36. The Bertz CT molecular complexity index is 354. The van der Waals surface area contributed by atoms with E-state index in [1.54, 1.807) is 0 Å². The third-order valence-electron chi connectivity index (χ3n) is 1.81. The number of nitrogens with two attached hydrogens (primary N) is 1. The van der Waals surface area contributed by atoms with E-state index in [-0.39, 0.29) is 4.99 Å². The van der Waals surface area contributed by atoms with Gasteiger partial charge in [0.05, 0.1) is 19.0 Å². The summed E-state index contributed by atoms with van der Waals surface area (Å²) in [5, 5.41) is 0. The number of thiocarbonyl (C=S) groups is 1. The second-order valence-electron chi connectivity index (χ2n) is 3.92. The molecule has 0 fully saturated rings. The molecule has 0 aliphatic rings.